The Morgan fingerprint density at radius 1 is 0.956 bits per heavy atom. The van der Waals surface area contributed by atoms with Gasteiger partial charge in [0.05, 0.1) is 35.1 Å². The summed E-state index contributed by atoms with van der Waals surface area (Å²) < 4.78 is 25.6. The molecule has 0 spiro atoms. The molecule has 234 valence electrons. The summed E-state index contributed by atoms with van der Waals surface area (Å²) in [5.41, 5.74) is 4.24. The molecule has 0 amide bonds. The number of aromatic nitrogens is 1. The number of para-hydroxylation sites is 1. The number of allylic oxidation sites excluding steroid dienone is 1. The topological polar surface area (TPSA) is 88.4 Å². The highest BCUT2D eigenvalue weighted by molar-refractivity contribution is 7.07. The quantitative estimate of drug-likeness (QED) is 0.194. The predicted octanol–water partition coefficient (Wildman–Crippen LogP) is 5.87. The molecular formula is C36H38N2O6S. The fourth-order valence-corrected chi connectivity index (χ4v) is 6.20. The number of fused-ring (bicyclic) bond motifs is 1. The second kappa shape index (κ2) is 14.0. The van der Waals surface area contributed by atoms with Crippen molar-refractivity contribution >= 4 is 23.4 Å². The number of esters is 1. The largest absolute Gasteiger partial charge is 0.491 e. The van der Waals surface area contributed by atoms with Crippen LogP contribution >= 0.6 is 11.3 Å². The number of nitrogens with zero attached hydrogens (tertiary/aromatic N) is 2. The minimum absolute atomic E-state index is 0.110. The van der Waals surface area contributed by atoms with Crippen molar-refractivity contribution in [1.29, 1.82) is 0 Å². The Morgan fingerprint density at radius 3 is 2.42 bits per heavy atom. The van der Waals surface area contributed by atoms with Crippen molar-refractivity contribution in [3.8, 4) is 17.2 Å². The van der Waals surface area contributed by atoms with E-state index in [1.165, 1.54) is 16.9 Å². The number of hydrogen-bond donors (Lipinski definition) is 0. The number of aryl methyl sites for hydroxylation is 1. The summed E-state index contributed by atoms with van der Waals surface area (Å²) in [7, 11) is 0. The van der Waals surface area contributed by atoms with Crippen LogP contribution in [-0.4, -0.2) is 29.9 Å². The van der Waals surface area contributed by atoms with Crippen LogP contribution in [0.25, 0.3) is 6.08 Å². The maximum Gasteiger partial charge on any atom is 0.338 e. The number of ether oxygens (including phenoxy) is 4. The molecule has 0 saturated carbocycles. The fraction of sp³-hybridized carbons (Fsp3) is 0.306. The Kier molecular flexibility index (Phi) is 9.88. The minimum Gasteiger partial charge on any atom is -0.491 e. The van der Waals surface area contributed by atoms with Gasteiger partial charge in [-0.15, -0.1) is 0 Å². The van der Waals surface area contributed by atoms with E-state index in [0.717, 1.165) is 11.1 Å². The summed E-state index contributed by atoms with van der Waals surface area (Å²) in [6, 6.07) is 20.5. The fourth-order valence-electron chi connectivity index (χ4n) is 5.15. The van der Waals surface area contributed by atoms with Gasteiger partial charge in [0, 0.05) is 5.56 Å². The van der Waals surface area contributed by atoms with Gasteiger partial charge < -0.3 is 18.9 Å². The molecule has 9 heteroatoms. The molecule has 0 bridgehead atoms. The number of hydrogen-bond acceptors (Lipinski definition) is 8. The maximum atomic E-state index is 14.1. The van der Waals surface area contributed by atoms with Gasteiger partial charge in [0.1, 0.15) is 18.4 Å². The van der Waals surface area contributed by atoms with Crippen molar-refractivity contribution in [1.82, 2.24) is 4.57 Å². The van der Waals surface area contributed by atoms with E-state index >= 15 is 0 Å². The molecule has 1 aromatic heterocycles. The lowest BCUT2D eigenvalue weighted by Gasteiger charge is -2.26. The number of rotatable bonds is 11. The average molecular weight is 627 g/mol. The van der Waals surface area contributed by atoms with Gasteiger partial charge in [0.25, 0.3) is 5.56 Å². The van der Waals surface area contributed by atoms with E-state index in [1.54, 1.807) is 18.4 Å². The van der Waals surface area contributed by atoms with Crippen molar-refractivity contribution in [2.75, 3.05) is 13.2 Å². The van der Waals surface area contributed by atoms with E-state index in [1.807, 2.05) is 88.4 Å². The number of benzene rings is 3. The molecule has 0 fully saturated rings. The molecule has 0 radical (unpaired) electrons. The summed E-state index contributed by atoms with van der Waals surface area (Å²) in [6.45, 7) is 12.4. The molecule has 5 rings (SSSR count). The standard InChI is InChI=1S/C36H38N2O6S/c1-7-41-30-19-26(17-18-29(30)43-21-25-15-13-23(5)14-16-25)20-31-34(39)38-33(27-11-9-10-12-28(27)44-22(3)4)32(35(40)42-8-2)24(6)37-36(38)45-31/h9-20,22,33H,7-8,21H2,1-6H3/b31-20+/t33-/m1/s1. The van der Waals surface area contributed by atoms with Gasteiger partial charge >= 0.3 is 5.97 Å². The molecule has 45 heavy (non-hydrogen) atoms. The van der Waals surface area contributed by atoms with Gasteiger partial charge in [0.15, 0.2) is 16.3 Å². The monoisotopic (exact) mass is 626 g/mol. The van der Waals surface area contributed by atoms with E-state index in [9.17, 15) is 9.59 Å². The lowest BCUT2D eigenvalue weighted by atomic mass is 9.95. The Hall–Kier alpha value is -4.63. The van der Waals surface area contributed by atoms with Crippen molar-refractivity contribution < 1.29 is 23.7 Å². The molecule has 0 N–H and O–H groups in total. The third-order valence-electron chi connectivity index (χ3n) is 7.17. The van der Waals surface area contributed by atoms with E-state index in [0.29, 0.717) is 56.6 Å². The Balaban J connectivity index is 1.58. The van der Waals surface area contributed by atoms with Crippen molar-refractivity contribution in [3.63, 3.8) is 0 Å². The minimum atomic E-state index is -0.770. The first-order valence-electron chi connectivity index (χ1n) is 15.1. The predicted molar refractivity (Wildman–Crippen MR) is 176 cm³/mol. The third-order valence-corrected chi connectivity index (χ3v) is 8.16. The smallest absolute Gasteiger partial charge is 0.338 e. The third kappa shape index (κ3) is 7.04. The van der Waals surface area contributed by atoms with E-state index < -0.39 is 12.0 Å². The number of carbonyl (C=O) groups excluding carboxylic acids is 1. The maximum absolute atomic E-state index is 14.1. The molecule has 1 atom stereocenters. The van der Waals surface area contributed by atoms with Gasteiger partial charge in [-0.3, -0.25) is 9.36 Å². The summed E-state index contributed by atoms with van der Waals surface area (Å²) in [4.78, 5) is 32.6. The zero-order chi connectivity index (χ0) is 32.1. The van der Waals surface area contributed by atoms with Crippen molar-refractivity contribution in [3.05, 3.63) is 120 Å². The lowest BCUT2D eigenvalue weighted by Crippen LogP contribution is -2.40. The first kappa shape index (κ1) is 31.8. The van der Waals surface area contributed by atoms with Crippen LogP contribution in [0.15, 0.2) is 87.8 Å². The normalized spacial score (nSPS) is 14.6. The molecule has 0 unspecified atom stereocenters. The highest BCUT2D eigenvalue weighted by Gasteiger charge is 2.35. The van der Waals surface area contributed by atoms with Crippen molar-refractivity contribution in [2.45, 2.75) is 60.3 Å². The second-order valence-corrected chi connectivity index (χ2v) is 11.9. The molecule has 4 aromatic rings. The Bertz CT molecular complexity index is 1900. The summed E-state index contributed by atoms with van der Waals surface area (Å²) in [6.07, 6.45) is 1.70. The van der Waals surface area contributed by atoms with E-state index in [-0.39, 0.29) is 18.3 Å². The van der Waals surface area contributed by atoms with Crippen LogP contribution in [0.3, 0.4) is 0 Å². The van der Waals surface area contributed by atoms with Crippen LogP contribution < -0.4 is 29.1 Å². The summed E-state index contributed by atoms with van der Waals surface area (Å²) in [5.74, 6) is 1.28. The average Bonchev–Trinajstić information content (AvgIpc) is 3.31. The molecule has 3 aromatic carbocycles. The van der Waals surface area contributed by atoms with Gasteiger partial charge in [-0.05, 0) is 76.9 Å². The Morgan fingerprint density at radius 2 is 1.71 bits per heavy atom. The molecule has 0 saturated heterocycles. The molecule has 1 aliphatic rings. The zero-order valence-electron chi connectivity index (χ0n) is 26.5. The summed E-state index contributed by atoms with van der Waals surface area (Å²) in [5, 5.41) is 0. The van der Waals surface area contributed by atoms with Crippen LogP contribution in [-0.2, 0) is 16.1 Å². The number of carbonyl (C=O) groups is 1. The van der Waals surface area contributed by atoms with Gasteiger partial charge in [-0.1, -0.05) is 65.4 Å². The second-order valence-electron chi connectivity index (χ2n) is 10.9. The van der Waals surface area contributed by atoms with Gasteiger partial charge in [-0.25, -0.2) is 9.79 Å². The van der Waals surface area contributed by atoms with Gasteiger partial charge in [-0.2, -0.15) is 0 Å². The van der Waals surface area contributed by atoms with Crippen LogP contribution in [0.4, 0.5) is 0 Å². The molecule has 0 aliphatic carbocycles. The molecule has 1 aliphatic heterocycles. The van der Waals surface area contributed by atoms with Crippen molar-refractivity contribution in [2.24, 2.45) is 4.99 Å². The SMILES string of the molecule is CCOC(=O)C1=C(C)N=c2s/c(=C/c3ccc(OCc4ccc(C)cc4)c(OCC)c3)c(=O)n2[C@@H]1c1ccccc1OC(C)C. The van der Waals surface area contributed by atoms with Crippen LogP contribution in [0, 0.1) is 6.92 Å². The first-order chi connectivity index (χ1) is 21.7. The first-order valence-corrected chi connectivity index (χ1v) is 15.9. The van der Waals surface area contributed by atoms with E-state index in [4.69, 9.17) is 23.9 Å². The molecular weight excluding hydrogens is 588 g/mol. The molecule has 8 nitrogen and oxygen atoms in total. The Labute approximate surface area is 266 Å². The van der Waals surface area contributed by atoms with Crippen LogP contribution in [0.1, 0.15) is 62.9 Å². The van der Waals surface area contributed by atoms with Gasteiger partial charge in [0.2, 0.25) is 0 Å². The number of thiazole rings is 1. The van der Waals surface area contributed by atoms with E-state index in [2.05, 4.69) is 12.1 Å². The van der Waals surface area contributed by atoms with Crippen LogP contribution in [0.5, 0.6) is 17.2 Å². The zero-order valence-corrected chi connectivity index (χ0v) is 27.3. The summed E-state index contributed by atoms with van der Waals surface area (Å²) >= 11 is 1.27. The lowest BCUT2D eigenvalue weighted by molar-refractivity contribution is -0.139. The highest BCUT2D eigenvalue weighted by atomic mass is 32.1. The molecule has 2 heterocycles. The highest BCUT2D eigenvalue weighted by Crippen LogP contribution is 2.36. The van der Waals surface area contributed by atoms with Crippen LogP contribution in [0.2, 0.25) is 0 Å².